The highest BCUT2D eigenvalue weighted by molar-refractivity contribution is 5.88. The fourth-order valence-electron chi connectivity index (χ4n) is 1.76. The van der Waals surface area contributed by atoms with Crippen molar-refractivity contribution >= 4 is 17.7 Å². The number of nitrogens with zero attached hydrogens (tertiary/aromatic N) is 1. The second-order valence-electron chi connectivity index (χ2n) is 4.58. The second-order valence-corrected chi connectivity index (χ2v) is 4.58. The predicted octanol–water partition coefficient (Wildman–Crippen LogP) is 3.55. The fourth-order valence-corrected chi connectivity index (χ4v) is 1.76. The van der Waals surface area contributed by atoms with Gasteiger partial charge in [-0.15, -0.1) is 0 Å². The molecule has 0 atom stereocenters. The van der Waals surface area contributed by atoms with Gasteiger partial charge in [-0.05, 0) is 17.7 Å². The third-order valence-electron chi connectivity index (χ3n) is 2.83. The zero-order valence-corrected chi connectivity index (χ0v) is 12.0. The minimum atomic E-state index is -4.94. The first-order valence-electron chi connectivity index (χ1n) is 6.56. The lowest BCUT2D eigenvalue weighted by Crippen LogP contribution is -2.20. The molecule has 1 heterocycles. The van der Waals surface area contributed by atoms with Crippen LogP contribution in [0.5, 0.6) is 0 Å². The van der Waals surface area contributed by atoms with E-state index < -0.39 is 35.3 Å². The molecule has 0 bridgehead atoms. The Morgan fingerprint density at radius 2 is 1.79 bits per heavy atom. The van der Waals surface area contributed by atoms with Gasteiger partial charge in [0.25, 0.3) is 0 Å². The molecule has 0 unspecified atom stereocenters. The standard InChI is InChI=1S/C15H11F3N2O4/c16-15(17,18)12-10(6-7-11(19-12)13(21)22)20-14(23)24-8-9-4-2-1-3-5-9/h1-7H,8H2,(H,20,23)(H,21,22). The SMILES string of the molecule is O=C(Nc1ccc(C(=O)O)nc1C(F)(F)F)OCc1ccccc1. The number of rotatable bonds is 4. The lowest BCUT2D eigenvalue weighted by molar-refractivity contribution is -0.140. The monoisotopic (exact) mass is 340 g/mol. The third-order valence-corrected chi connectivity index (χ3v) is 2.83. The van der Waals surface area contributed by atoms with Gasteiger partial charge in [0.2, 0.25) is 0 Å². The number of ether oxygens (including phenoxy) is 1. The number of carbonyl (C=O) groups is 2. The Morgan fingerprint density at radius 1 is 1.12 bits per heavy atom. The van der Waals surface area contributed by atoms with Gasteiger partial charge in [0.1, 0.15) is 12.3 Å². The number of aromatic nitrogens is 1. The van der Waals surface area contributed by atoms with Gasteiger partial charge in [-0.2, -0.15) is 13.2 Å². The number of aromatic carboxylic acids is 1. The third kappa shape index (κ3) is 4.45. The molecule has 0 fully saturated rings. The summed E-state index contributed by atoms with van der Waals surface area (Å²) in [6, 6.07) is 10.2. The molecule has 24 heavy (non-hydrogen) atoms. The summed E-state index contributed by atoms with van der Waals surface area (Å²) in [5, 5.41) is 10.6. The van der Waals surface area contributed by atoms with Crippen LogP contribution in [0, 0.1) is 0 Å². The number of pyridine rings is 1. The quantitative estimate of drug-likeness (QED) is 0.889. The number of carboxylic acids is 1. The van der Waals surface area contributed by atoms with Crippen molar-refractivity contribution in [3.63, 3.8) is 0 Å². The molecular weight excluding hydrogens is 329 g/mol. The zero-order valence-electron chi connectivity index (χ0n) is 12.0. The van der Waals surface area contributed by atoms with E-state index in [1.165, 1.54) is 0 Å². The summed E-state index contributed by atoms with van der Waals surface area (Å²) >= 11 is 0. The van der Waals surface area contributed by atoms with E-state index in [1.807, 2.05) is 5.32 Å². The van der Waals surface area contributed by atoms with E-state index in [0.29, 0.717) is 5.56 Å². The molecular formula is C15H11F3N2O4. The van der Waals surface area contributed by atoms with Crippen molar-refractivity contribution in [1.82, 2.24) is 4.98 Å². The minimum Gasteiger partial charge on any atom is -0.477 e. The van der Waals surface area contributed by atoms with Gasteiger partial charge in [-0.25, -0.2) is 14.6 Å². The summed E-state index contributed by atoms with van der Waals surface area (Å²) in [4.78, 5) is 25.4. The van der Waals surface area contributed by atoms with Crippen LogP contribution >= 0.6 is 0 Å². The Balaban J connectivity index is 2.13. The molecule has 1 amide bonds. The van der Waals surface area contributed by atoms with E-state index >= 15 is 0 Å². The average molecular weight is 340 g/mol. The van der Waals surface area contributed by atoms with Crippen molar-refractivity contribution in [3.8, 4) is 0 Å². The van der Waals surface area contributed by atoms with Crippen LogP contribution in [0.15, 0.2) is 42.5 Å². The summed E-state index contributed by atoms with van der Waals surface area (Å²) < 4.78 is 43.7. The molecule has 6 nitrogen and oxygen atoms in total. The van der Waals surface area contributed by atoms with E-state index in [2.05, 4.69) is 4.98 Å². The van der Waals surface area contributed by atoms with Crippen LogP contribution in [0.4, 0.5) is 23.7 Å². The van der Waals surface area contributed by atoms with Crippen molar-refractivity contribution in [2.45, 2.75) is 12.8 Å². The molecule has 2 rings (SSSR count). The van der Waals surface area contributed by atoms with Crippen LogP contribution < -0.4 is 5.32 Å². The number of nitrogens with one attached hydrogen (secondary N) is 1. The summed E-state index contributed by atoms with van der Waals surface area (Å²) in [5.74, 6) is -1.61. The molecule has 1 aromatic carbocycles. The molecule has 2 N–H and O–H groups in total. The molecule has 0 saturated carbocycles. The highest BCUT2D eigenvalue weighted by Crippen LogP contribution is 2.33. The first kappa shape index (κ1) is 17.3. The smallest absolute Gasteiger partial charge is 0.435 e. The summed E-state index contributed by atoms with van der Waals surface area (Å²) in [7, 11) is 0. The Hall–Kier alpha value is -3.10. The maximum atomic E-state index is 12.9. The highest BCUT2D eigenvalue weighted by Gasteiger charge is 2.37. The summed E-state index contributed by atoms with van der Waals surface area (Å²) in [6.45, 7) is -0.130. The Kier molecular flexibility index (Phi) is 5.02. The van der Waals surface area contributed by atoms with E-state index in [0.717, 1.165) is 12.1 Å². The number of benzene rings is 1. The van der Waals surface area contributed by atoms with Gasteiger partial charge in [0.15, 0.2) is 5.69 Å². The summed E-state index contributed by atoms with van der Waals surface area (Å²) in [6.07, 6.45) is -6.05. The van der Waals surface area contributed by atoms with E-state index in [9.17, 15) is 22.8 Å². The second kappa shape index (κ2) is 6.99. The first-order valence-corrected chi connectivity index (χ1v) is 6.56. The Labute approximate surface area is 133 Å². The van der Waals surface area contributed by atoms with Crippen LogP contribution in [0.2, 0.25) is 0 Å². The van der Waals surface area contributed by atoms with E-state index in [1.54, 1.807) is 30.3 Å². The van der Waals surface area contributed by atoms with Crippen molar-refractivity contribution in [1.29, 1.82) is 0 Å². The van der Waals surface area contributed by atoms with Crippen LogP contribution in [-0.4, -0.2) is 22.2 Å². The van der Waals surface area contributed by atoms with Crippen molar-refractivity contribution < 1.29 is 32.6 Å². The minimum absolute atomic E-state index is 0.130. The van der Waals surface area contributed by atoms with Gasteiger partial charge < -0.3 is 9.84 Å². The van der Waals surface area contributed by atoms with Crippen molar-refractivity contribution in [2.75, 3.05) is 5.32 Å². The molecule has 0 aliphatic heterocycles. The molecule has 0 saturated heterocycles. The van der Waals surface area contributed by atoms with Gasteiger partial charge >= 0.3 is 18.2 Å². The number of carboxylic acid groups (broad SMARTS) is 1. The van der Waals surface area contributed by atoms with Crippen LogP contribution in [0.25, 0.3) is 0 Å². The predicted molar refractivity (Wildman–Crippen MR) is 76.4 cm³/mol. The normalized spacial score (nSPS) is 11.0. The molecule has 0 aliphatic rings. The molecule has 0 aliphatic carbocycles. The molecule has 1 aromatic heterocycles. The van der Waals surface area contributed by atoms with E-state index in [-0.39, 0.29) is 6.61 Å². The maximum Gasteiger partial charge on any atom is 0.435 e. The number of halogens is 3. The average Bonchev–Trinajstić information content (AvgIpc) is 2.53. The Bertz CT molecular complexity index is 748. The fraction of sp³-hybridized carbons (Fsp3) is 0.133. The van der Waals surface area contributed by atoms with Gasteiger partial charge in [0.05, 0.1) is 5.69 Å². The van der Waals surface area contributed by atoms with E-state index in [4.69, 9.17) is 9.84 Å². The van der Waals surface area contributed by atoms with Crippen LogP contribution in [0.3, 0.4) is 0 Å². The first-order chi connectivity index (χ1) is 11.3. The number of anilines is 1. The summed E-state index contributed by atoms with van der Waals surface area (Å²) in [5.41, 5.74) is -2.34. The molecule has 9 heteroatoms. The largest absolute Gasteiger partial charge is 0.477 e. The number of carbonyl (C=O) groups excluding carboxylic acids is 1. The molecule has 0 spiro atoms. The topological polar surface area (TPSA) is 88.5 Å². The molecule has 126 valence electrons. The Morgan fingerprint density at radius 3 is 2.38 bits per heavy atom. The number of hydrogen-bond donors (Lipinski definition) is 2. The maximum absolute atomic E-state index is 12.9. The van der Waals surface area contributed by atoms with Crippen molar-refractivity contribution in [2.24, 2.45) is 0 Å². The molecule has 0 radical (unpaired) electrons. The van der Waals surface area contributed by atoms with Crippen LogP contribution in [-0.2, 0) is 17.5 Å². The van der Waals surface area contributed by atoms with Gasteiger partial charge in [-0.3, -0.25) is 5.32 Å². The lowest BCUT2D eigenvalue weighted by atomic mass is 10.2. The number of hydrogen-bond acceptors (Lipinski definition) is 4. The van der Waals surface area contributed by atoms with Gasteiger partial charge in [0, 0.05) is 0 Å². The highest BCUT2D eigenvalue weighted by atomic mass is 19.4. The lowest BCUT2D eigenvalue weighted by Gasteiger charge is -2.13. The van der Waals surface area contributed by atoms with Crippen molar-refractivity contribution in [3.05, 3.63) is 59.4 Å². The number of alkyl halides is 3. The number of amides is 1. The van der Waals surface area contributed by atoms with Gasteiger partial charge in [-0.1, -0.05) is 30.3 Å². The zero-order chi connectivity index (χ0) is 17.7. The molecule has 2 aromatic rings. The van der Waals surface area contributed by atoms with Crippen LogP contribution in [0.1, 0.15) is 21.7 Å².